The fourth-order valence-corrected chi connectivity index (χ4v) is 3.12. The summed E-state index contributed by atoms with van der Waals surface area (Å²) in [5.74, 6) is 0.459. The van der Waals surface area contributed by atoms with Gasteiger partial charge >= 0.3 is 0 Å². The molecule has 0 fully saturated rings. The molecule has 1 heterocycles. The van der Waals surface area contributed by atoms with Gasteiger partial charge in [0.15, 0.2) is 11.4 Å². The van der Waals surface area contributed by atoms with Crippen LogP contribution in [0.25, 0.3) is 26.9 Å². The third kappa shape index (κ3) is 2.67. The van der Waals surface area contributed by atoms with Crippen molar-refractivity contribution < 1.29 is 5.94 Å². The van der Waals surface area contributed by atoms with Gasteiger partial charge in [-0.15, -0.1) is 0 Å². The Morgan fingerprint density at radius 2 is 1.88 bits per heavy atom. The molecule has 0 spiro atoms. The summed E-state index contributed by atoms with van der Waals surface area (Å²) in [5, 5.41) is 1.86. The maximum atomic E-state index is 8.50. The van der Waals surface area contributed by atoms with Crippen LogP contribution in [-0.4, -0.2) is 0 Å². The van der Waals surface area contributed by atoms with Crippen LogP contribution in [0, 0.1) is 20.4 Å². The average molecular weight is 316 g/mol. The fourth-order valence-electron chi connectivity index (χ4n) is 3.12. The molecule has 0 aliphatic rings. The summed E-state index contributed by atoms with van der Waals surface area (Å²) < 4.78 is 10.6. The van der Waals surface area contributed by atoms with E-state index in [4.69, 9.17) is 7.94 Å². The summed E-state index contributed by atoms with van der Waals surface area (Å²) in [4.78, 5) is 3.53. The van der Waals surface area contributed by atoms with Crippen LogP contribution >= 0.6 is 0 Å². The van der Waals surface area contributed by atoms with Crippen molar-refractivity contribution in [2.24, 2.45) is 7.05 Å². The van der Waals surface area contributed by atoms with E-state index in [1.54, 1.807) is 0 Å². The second-order valence-corrected chi connectivity index (χ2v) is 6.69. The van der Waals surface area contributed by atoms with E-state index in [-0.39, 0.29) is 0 Å². The summed E-state index contributed by atoms with van der Waals surface area (Å²) in [6.45, 7) is 15.8. The molecule has 0 unspecified atom stereocenters. The van der Waals surface area contributed by atoms with E-state index in [1.807, 2.05) is 32.2 Å². The van der Waals surface area contributed by atoms with Crippen molar-refractivity contribution in [1.29, 1.82) is 0 Å². The minimum absolute atomic E-state index is 0.459. The number of rotatable bonds is 2. The molecule has 0 radical (unpaired) electrons. The van der Waals surface area contributed by atoms with Crippen LogP contribution in [-0.2, 0) is 7.05 Å². The van der Waals surface area contributed by atoms with Crippen LogP contribution in [0.4, 0.5) is 5.69 Å². The SMILES string of the molecule is [2H]c1c(C)[n+](C)c(-c2cc(C(C)C)ccc2C)c2ccc([N+]#[C-])cc12. The van der Waals surface area contributed by atoms with E-state index >= 15 is 0 Å². The monoisotopic (exact) mass is 316 g/mol. The maximum absolute atomic E-state index is 8.50. The number of benzene rings is 2. The van der Waals surface area contributed by atoms with Crippen LogP contribution < -0.4 is 4.57 Å². The minimum atomic E-state index is 0.459. The third-order valence-electron chi connectivity index (χ3n) is 4.72. The molecule has 0 bridgehead atoms. The molecule has 0 aliphatic heterocycles. The summed E-state index contributed by atoms with van der Waals surface area (Å²) in [6.07, 6.45) is 0. The van der Waals surface area contributed by atoms with Gasteiger partial charge in [0, 0.05) is 18.5 Å². The topological polar surface area (TPSA) is 8.24 Å². The number of pyridine rings is 1. The van der Waals surface area contributed by atoms with Crippen molar-refractivity contribution in [3.05, 3.63) is 70.7 Å². The van der Waals surface area contributed by atoms with Gasteiger partial charge in [0.25, 0.3) is 0 Å². The Morgan fingerprint density at radius 3 is 2.54 bits per heavy atom. The van der Waals surface area contributed by atoms with E-state index in [1.165, 1.54) is 16.7 Å². The smallest absolute Gasteiger partial charge is 0.220 e. The first-order chi connectivity index (χ1) is 11.8. The zero-order chi connectivity index (χ0) is 18.3. The van der Waals surface area contributed by atoms with Crippen LogP contribution in [0.5, 0.6) is 0 Å². The van der Waals surface area contributed by atoms with Gasteiger partial charge in [-0.3, -0.25) is 0 Å². The highest BCUT2D eigenvalue weighted by molar-refractivity contribution is 5.95. The second-order valence-electron chi connectivity index (χ2n) is 6.69. The molecule has 0 saturated carbocycles. The molecule has 0 aliphatic carbocycles. The number of aromatic nitrogens is 1. The first kappa shape index (κ1) is 14.9. The first-order valence-electron chi connectivity index (χ1n) is 8.76. The lowest BCUT2D eigenvalue weighted by Gasteiger charge is -2.13. The molecule has 2 nitrogen and oxygen atoms in total. The third-order valence-corrected chi connectivity index (χ3v) is 4.72. The Morgan fingerprint density at radius 1 is 1.12 bits per heavy atom. The molecule has 1 aromatic heterocycles. The summed E-state index contributed by atoms with van der Waals surface area (Å²) in [5.41, 5.74) is 6.30. The van der Waals surface area contributed by atoms with Crippen LogP contribution in [0.3, 0.4) is 0 Å². The molecule has 0 atom stereocenters. The van der Waals surface area contributed by atoms with E-state index in [9.17, 15) is 0 Å². The zero-order valence-electron chi connectivity index (χ0n) is 15.9. The Labute approximate surface area is 145 Å². The van der Waals surface area contributed by atoms with Gasteiger partial charge in [-0.1, -0.05) is 38.1 Å². The van der Waals surface area contributed by atoms with Gasteiger partial charge in [-0.2, -0.15) is 4.57 Å². The van der Waals surface area contributed by atoms with Crippen molar-refractivity contribution in [2.75, 3.05) is 0 Å². The lowest BCUT2D eigenvalue weighted by atomic mass is 9.93. The molecule has 2 heteroatoms. The normalized spacial score (nSPS) is 11.6. The van der Waals surface area contributed by atoms with Gasteiger partial charge in [0.2, 0.25) is 5.69 Å². The summed E-state index contributed by atoms with van der Waals surface area (Å²) in [7, 11) is 2.02. The van der Waals surface area contributed by atoms with Crippen molar-refractivity contribution in [2.45, 2.75) is 33.6 Å². The molecule has 120 valence electrons. The number of aryl methyl sites for hydroxylation is 1. The molecule has 0 amide bonds. The Balaban J connectivity index is 2.45. The van der Waals surface area contributed by atoms with Crippen molar-refractivity contribution in [3.63, 3.8) is 0 Å². The lowest BCUT2D eigenvalue weighted by Crippen LogP contribution is -2.35. The molecular formula is C22H23N2+. The number of hydrogen-bond donors (Lipinski definition) is 0. The van der Waals surface area contributed by atoms with Gasteiger partial charge in [-0.05, 0) is 41.5 Å². The van der Waals surface area contributed by atoms with Crippen molar-refractivity contribution in [1.82, 2.24) is 0 Å². The van der Waals surface area contributed by atoms with E-state index < -0.39 is 0 Å². The highest BCUT2D eigenvalue weighted by atomic mass is 14.9. The van der Waals surface area contributed by atoms with Gasteiger partial charge in [-0.25, -0.2) is 4.85 Å². The molecule has 24 heavy (non-hydrogen) atoms. The van der Waals surface area contributed by atoms with Crippen molar-refractivity contribution >= 4 is 16.5 Å². The minimum Gasteiger partial charge on any atom is -0.238 e. The Bertz CT molecular complexity index is 1030. The van der Waals surface area contributed by atoms with Gasteiger partial charge in [0.05, 0.1) is 13.3 Å². The Hall–Kier alpha value is -2.66. The summed E-state index contributed by atoms with van der Waals surface area (Å²) >= 11 is 0. The van der Waals surface area contributed by atoms with E-state index in [0.717, 1.165) is 22.2 Å². The van der Waals surface area contributed by atoms with Crippen LogP contribution in [0.2, 0.25) is 0 Å². The highest BCUT2D eigenvalue weighted by Crippen LogP contribution is 2.32. The van der Waals surface area contributed by atoms with Crippen LogP contribution in [0.1, 0.15) is 38.0 Å². The van der Waals surface area contributed by atoms with E-state index in [2.05, 4.69) is 48.4 Å². The molecular weight excluding hydrogens is 292 g/mol. The molecule has 3 rings (SSSR count). The van der Waals surface area contributed by atoms with E-state index in [0.29, 0.717) is 17.6 Å². The highest BCUT2D eigenvalue weighted by Gasteiger charge is 2.20. The zero-order valence-corrected chi connectivity index (χ0v) is 14.9. The van der Waals surface area contributed by atoms with Gasteiger partial charge in [0.1, 0.15) is 7.05 Å². The predicted octanol–water partition coefficient (Wildman–Crippen LogP) is 5.62. The molecule has 0 N–H and O–H groups in total. The number of hydrogen-bond acceptors (Lipinski definition) is 0. The largest absolute Gasteiger partial charge is 0.238 e. The standard InChI is InChI=1S/C22H23N2/c1-14(2)17-8-7-15(3)21(13-17)22-20-10-9-19(23-5)12-18(20)11-16(4)24(22)6/h7-14H,1-4,6H3/q+1/i11D. The van der Waals surface area contributed by atoms with Gasteiger partial charge < -0.3 is 0 Å². The molecule has 2 aromatic carbocycles. The maximum Gasteiger partial charge on any atom is 0.220 e. The van der Waals surface area contributed by atoms with Crippen molar-refractivity contribution in [3.8, 4) is 11.3 Å². The fraction of sp³-hybridized carbons (Fsp3) is 0.273. The molecule has 0 saturated heterocycles. The first-order valence-corrected chi connectivity index (χ1v) is 8.26. The quantitative estimate of drug-likeness (QED) is 0.428. The average Bonchev–Trinajstić information content (AvgIpc) is 2.61. The lowest BCUT2D eigenvalue weighted by molar-refractivity contribution is -0.665. The Kier molecular flexibility index (Phi) is 3.78. The number of fused-ring (bicyclic) bond motifs is 1. The number of nitrogens with zero attached hydrogens (tertiary/aromatic N) is 2. The summed E-state index contributed by atoms with van der Waals surface area (Å²) in [6, 6.07) is 12.8. The second kappa shape index (κ2) is 6.09. The predicted molar refractivity (Wildman–Crippen MR) is 100 cm³/mol. The van der Waals surface area contributed by atoms with Crippen LogP contribution in [0.15, 0.2) is 42.4 Å². The molecule has 3 aromatic rings.